The van der Waals surface area contributed by atoms with Crippen LogP contribution in [0.15, 0.2) is 0 Å². The molecule has 1 saturated heterocycles. The first-order chi connectivity index (χ1) is 6.11. The van der Waals surface area contributed by atoms with E-state index in [0.717, 1.165) is 18.2 Å². The Morgan fingerprint density at radius 1 is 1.46 bits per heavy atom. The molecule has 0 atom stereocenters. The quantitative estimate of drug-likeness (QED) is 0.652. The fourth-order valence-corrected chi connectivity index (χ4v) is 1.94. The molecule has 1 fully saturated rings. The van der Waals surface area contributed by atoms with Gasteiger partial charge in [0.1, 0.15) is 0 Å². The van der Waals surface area contributed by atoms with Gasteiger partial charge in [-0.15, -0.1) is 0 Å². The third-order valence-electron chi connectivity index (χ3n) is 3.33. The maximum absolute atomic E-state index is 5.20. The second-order valence-electron chi connectivity index (χ2n) is 4.21. The number of thiocarbonyl (C=S) groups is 1. The highest BCUT2D eigenvalue weighted by Crippen LogP contribution is 2.33. The van der Waals surface area contributed by atoms with Crippen molar-refractivity contribution in [3.63, 3.8) is 0 Å². The molecule has 2 nitrogen and oxygen atoms in total. The lowest BCUT2D eigenvalue weighted by atomic mass is 9.78. The van der Waals surface area contributed by atoms with Crippen molar-refractivity contribution in [2.75, 3.05) is 20.1 Å². The minimum atomic E-state index is 0.555. The largest absolute Gasteiger partial charge is 0.366 e. The first kappa shape index (κ1) is 10.8. The lowest BCUT2D eigenvalue weighted by Crippen LogP contribution is -2.45. The molecule has 0 amide bonds. The molecule has 13 heavy (non-hydrogen) atoms. The molecule has 0 bridgehead atoms. The molecule has 0 unspecified atom stereocenters. The number of likely N-dealkylation sites (tertiary alicyclic amines) is 1. The Balaban J connectivity index is 2.43. The summed E-state index contributed by atoms with van der Waals surface area (Å²) in [6, 6.07) is 0. The highest BCUT2D eigenvalue weighted by molar-refractivity contribution is 7.80. The molecule has 0 saturated carbocycles. The van der Waals surface area contributed by atoms with Crippen LogP contribution in [0.2, 0.25) is 0 Å². The summed E-state index contributed by atoms with van der Waals surface area (Å²) in [5.74, 6) is 0. The normalized spacial score (nSPS) is 21.3. The SMILES string of the molecule is CCC1(C)CCN(C(=S)NC)CC1. The Morgan fingerprint density at radius 3 is 2.38 bits per heavy atom. The van der Waals surface area contributed by atoms with Crippen molar-refractivity contribution in [1.82, 2.24) is 10.2 Å². The van der Waals surface area contributed by atoms with Gasteiger partial charge in [0.2, 0.25) is 0 Å². The van der Waals surface area contributed by atoms with Crippen molar-refractivity contribution in [1.29, 1.82) is 0 Å². The van der Waals surface area contributed by atoms with E-state index in [1.807, 2.05) is 7.05 Å². The highest BCUT2D eigenvalue weighted by atomic mass is 32.1. The van der Waals surface area contributed by atoms with E-state index in [1.54, 1.807) is 0 Å². The van der Waals surface area contributed by atoms with Gasteiger partial charge in [-0.3, -0.25) is 0 Å². The molecule has 3 heteroatoms. The zero-order valence-corrected chi connectivity index (χ0v) is 9.71. The molecule has 76 valence electrons. The summed E-state index contributed by atoms with van der Waals surface area (Å²) in [5, 5.41) is 3.94. The minimum absolute atomic E-state index is 0.555. The van der Waals surface area contributed by atoms with Gasteiger partial charge in [-0.1, -0.05) is 20.3 Å². The van der Waals surface area contributed by atoms with Gasteiger partial charge in [0.25, 0.3) is 0 Å². The number of hydrogen-bond acceptors (Lipinski definition) is 1. The van der Waals surface area contributed by atoms with E-state index in [2.05, 4.69) is 24.1 Å². The Bertz CT molecular complexity index is 183. The molecule has 1 N–H and O–H groups in total. The van der Waals surface area contributed by atoms with Crippen LogP contribution in [0.25, 0.3) is 0 Å². The maximum atomic E-state index is 5.20. The molecular formula is C10H20N2S. The zero-order valence-electron chi connectivity index (χ0n) is 8.89. The summed E-state index contributed by atoms with van der Waals surface area (Å²) in [5.41, 5.74) is 0.555. The third kappa shape index (κ3) is 2.56. The first-order valence-corrected chi connectivity index (χ1v) is 5.49. The molecule has 0 spiro atoms. The third-order valence-corrected chi connectivity index (χ3v) is 3.79. The predicted molar refractivity (Wildman–Crippen MR) is 60.9 cm³/mol. The first-order valence-electron chi connectivity index (χ1n) is 5.08. The van der Waals surface area contributed by atoms with Crippen LogP contribution in [-0.2, 0) is 0 Å². The van der Waals surface area contributed by atoms with Crippen molar-refractivity contribution < 1.29 is 0 Å². The topological polar surface area (TPSA) is 15.3 Å². The van der Waals surface area contributed by atoms with Gasteiger partial charge in [0.05, 0.1) is 0 Å². The van der Waals surface area contributed by atoms with Gasteiger partial charge in [0, 0.05) is 20.1 Å². The number of nitrogens with one attached hydrogen (secondary N) is 1. The Morgan fingerprint density at radius 2 is 2.00 bits per heavy atom. The zero-order chi connectivity index (χ0) is 9.90. The monoisotopic (exact) mass is 200 g/mol. The fraction of sp³-hybridized carbons (Fsp3) is 0.900. The summed E-state index contributed by atoms with van der Waals surface area (Å²) < 4.78 is 0. The van der Waals surface area contributed by atoms with Crippen molar-refractivity contribution in [3.05, 3.63) is 0 Å². The molecule has 1 aliphatic heterocycles. The molecule has 1 heterocycles. The summed E-state index contributed by atoms with van der Waals surface area (Å²) >= 11 is 5.20. The fourth-order valence-electron chi connectivity index (χ4n) is 1.76. The van der Waals surface area contributed by atoms with E-state index in [-0.39, 0.29) is 0 Å². The number of rotatable bonds is 1. The van der Waals surface area contributed by atoms with Gasteiger partial charge in [-0.25, -0.2) is 0 Å². The minimum Gasteiger partial charge on any atom is -0.366 e. The van der Waals surface area contributed by atoms with E-state index in [9.17, 15) is 0 Å². The molecule has 0 aromatic carbocycles. The average molecular weight is 200 g/mol. The van der Waals surface area contributed by atoms with Crippen LogP contribution >= 0.6 is 12.2 Å². The summed E-state index contributed by atoms with van der Waals surface area (Å²) in [6.07, 6.45) is 3.82. The number of nitrogens with zero attached hydrogens (tertiary/aromatic N) is 1. The molecule has 0 aromatic heterocycles. The standard InChI is InChI=1S/C10H20N2S/c1-4-10(2)5-7-12(8-6-10)9(13)11-3/h4-8H2,1-3H3,(H,11,13). The van der Waals surface area contributed by atoms with Gasteiger partial charge in [0.15, 0.2) is 5.11 Å². The second-order valence-corrected chi connectivity index (χ2v) is 4.59. The average Bonchev–Trinajstić information content (AvgIpc) is 2.18. The maximum Gasteiger partial charge on any atom is 0.168 e. The van der Waals surface area contributed by atoms with E-state index in [4.69, 9.17) is 12.2 Å². The van der Waals surface area contributed by atoms with Crippen LogP contribution in [0, 0.1) is 5.41 Å². The van der Waals surface area contributed by atoms with E-state index in [0.29, 0.717) is 5.41 Å². The van der Waals surface area contributed by atoms with Crippen LogP contribution in [0.4, 0.5) is 0 Å². The van der Waals surface area contributed by atoms with E-state index >= 15 is 0 Å². The molecule has 1 aliphatic rings. The van der Waals surface area contributed by atoms with Crippen molar-refractivity contribution in [2.24, 2.45) is 5.41 Å². The van der Waals surface area contributed by atoms with Crippen LogP contribution in [0.3, 0.4) is 0 Å². The Labute approximate surface area is 86.7 Å². The molecular weight excluding hydrogens is 180 g/mol. The van der Waals surface area contributed by atoms with Gasteiger partial charge < -0.3 is 10.2 Å². The molecule has 1 rings (SSSR count). The smallest absolute Gasteiger partial charge is 0.168 e. The van der Waals surface area contributed by atoms with Crippen LogP contribution in [0.5, 0.6) is 0 Å². The van der Waals surface area contributed by atoms with Crippen LogP contribution < -0.4 is 5.32 Å². The van der Waals surface area contributed by atoms with Gasteiger partial charge >= 0.3 is 0 Å². The lowest BCUT2D eigenvalue weighted by Gasteiger charge is -2.39. The van der Waals surface area contributed by atoms with E-state index in [1.165, 1.54) is 19.3 Å². The van der Waals surface area contributed by atoms with Crippen LogP contribution in [-0.4, -0.2) is 30.1 Å². The van der Waals surface area contributed by atoms with Crippen molar-refractivity contribution in [3.8, 4) is 0 Å². The molecule has 0 aliphatic carbocycles. The van der Waals surface area contributed by atoms with Crippen LogP contribution in [0.1, 0.15) is 33.1 Å². The predicted octanol–water partition coefficient (Wildman–Crippen LogP) is 2.00. The number of hydrogen-bond donors (Lipinski definition) is 1. The second kappa shape index (κ2) is 4.27. The van der Waals surface area contributed by atoms with Crippen molar-refractivity contribution in [2.45, 2.75) is 33.1 Å². The van der Waals surface area contributed by atoms with E-state index < -0.39 is 0 Å². The summed E-state index contributed by atoms with van der Waals surface area (Å²) in [4.78, 5) is 2.27. The van der Waals surface area contributed by atoms with Crippen molar-refractivity contribution >= 4 is 17.3 Å². The van der Waals surface area contributed by atoms with Gasteiger partial charge in [-0.05, 0) is 30.5 Å². The highest BCUT2D eigenvalue weighted by Gasteiger charge is 2.28. The Hall–Kier alpha value is -0.310. The van der Waals surface area contributed by atoms with Gasteiger partial charge in [-0.2, -0.15) is 0 Å². The lowest BCUT2D eigenvalue weighted by molar-refractivity contribution is 0.162. The molecule has 0 radical (unpaired) electrons. The number of piperidine rings is 1. The Kier molecular flexibility index (Phi) is 3.54. The summed E-state index contributed by atoms with van der Waals surface area (Å²) in [7, 11) is 1.90. The molecule has 0 aromatic rings. The summed E-state index contributed by atoms with van der Waals surface area (Å²) in [6.45, 7) is 6.90.